The second-order valence-corrected chi connectivity index (χ2v) is 25.2. The van der Waals surface area contributed by atoms with Crippen molar-refractivity contribution in [2.75, 3.05) is 20.0 Å². The summed E-state index contributed by atoms with van der Waals surface area (Å²) in [5, 5.41) is 44.0. The number of aromatic amines is 1. The first-order valence-electron chi connectivity index (χ1n) is 33.3. The summed E-state index contributed by atoms with van der Waals surface area (Å²) in [5.41, 5.74) is 7.37. The molecular formula is C73H49Cl5F10N22O14. The second-order valence-electron chi connectivity index (χ2n) is 23.2. The quantitative estimate of drug-likeness (QED) is 0.0251. The van der Waals surface area contributed by atoms with Crippen molar-refractivity contribution in [3.63, 3.8) is 0 Å². The number of carboxylic acids is 2. The van der Waals surface area contributed by atoms with E-state index in [1.807, 2.05) is 0 Å². The smallest absolute Gasteiger partial charge is 0.359 e. The summed E-state index contributed by atoms with van der Waals surface area (Å²) in [6.07, 6.45) is 5.43. The number of nitrogen functional groups attached to an aromatic ring is 1. The first kappa shape index (κ1) is 95.9. The highest BCUT2D eigenvalue weighted by Crippen LogP contribution is 2.24. The van der Waals surface area contributed by atoms with Crippen molar-refractivity contribution in [1.29, 1.82) is 5.26 Å². The first-order valence-corrected chi connectivity index (χ1v) is 35.2. The van der Waals surface area contributed by atoms with E-state index in [2.05, 4.69) is 106 Å². The number of hydrogen-bond donors (Lipinski definition) is 10. The van der Waals surface area contributed by atoms with Crippen LogP contribution in [0.25, 0.3) is 11.0 Å². The van der Waals surface area contributed by atoms with E-state index in [1.165, 1.54) is 79.1 Å². The van der Waals surface area contributed by atoms with Crippen molar-refractivity contribution < 1.29 is 112 Å². The van der Waals surface area contributed by atoms with E-state index in [9.17, 15) is 91.8 Å². The minimum Gasteiger partial charge on any atom is -0.476 e. The number of aromatic carboxylic acids is 2. The Morgan fingerprint density at radius 2 is 0.629 bits per heavy atom. The number of nitrogens with one attached hydrogen (secondary N) is 6. The molecule has 7 aromatic heterocycles. The zero-order valence-corrected chi connectivity index (χ0v) is 65.8. The average molecular weight is 1830 g/mol. The number of anilines is 1. The number of nitriles is 1. The number of fused-ring (bicyclic) bond motifs is 1. The predicted molar refractivity (Wildman–Crippen MR) is 409 cm³/mol. The summed E-state index contributed by atoms with van der Waals surface area (Å²) >= 11 is 28.1. The third-order valence-electron chi connectivity index (χ3n) is 15.1. The van der Waals surface area contributed by atoms with Crippen molar-refractivity contribution in [2.24, 2.45) is 5.73 Å². The number of benzene rings is 5. The lowest BCUT2D eigenvalue weighted by atomic mass is 10.2. The summed E-state index contributed by atoms with van der Waals surface area (Å²) in [7, 11) is 2.09. The Morgan fingerprint density at radius 3 is 0.927 bits per heavy atom. The number of esters is 2. The van der Waals surface area contributed by atoms with Crippen molar-refractivity contribution in [3.05, 3.63) is 303 Å². The van der Waals surface area contributed by atoms with Gasteiger partial charge in [0.15, 0.2) is 97.5 Å². The van der Waals surface area contributed by atoms with Crippen LogP contribution in [0, 0.1) is 69.5 Å². The number of methoxy groups -OCH3 is 2. The number of carbonyl (C=O) groups is 10. The van der Waals surface area contributed by atoms with Gasteiger partial charge in [0.2, 0.25) is 0 Å². The van der Waals surface area contributed by atoms with E-state index in [-0.39, 0.29) is 69.3 Å². The van der Waals surface area contributed by atoms with Crippen molar-refractivity contribution in [1.82, 2.24) is 96.6 Å². The Balaban J connectivity index is 0.000000206. The number of amides is 6. The van der Waals surface area contributed by atoms with Gasteiger partial charge < -0.3 is 57.7 Å². The van der Waals surface area contributed by atoms with E-state index in [0.29, 0.717) is 38.9 Å². The molecule has 0 spiro atoms. The zero-order valence-electron chi connectivity index (χ0n) is 62.0. The van der Waals surface area contributed by atoms with Crippen LogP contribution in [0.2, 0.25) is 25.1 Å². The number of primary amides is 1. The maximum absolute atomic E-state index is 14.0. The molecule has 0 atom stereocenters. The van der Waals surface area contributed by atoms with Gasteiger partial charge in [0, 0.05) is 32.7 Å². The normalized spacial score (nSPS) is 10.3. The van der Waals surface area contributed by atoms with Crippen LogP contribution in [0.1, 0.15) is 138 Å². The molecule has 51 heteroatoms. The molecule has 640 valence electrons. The maximum Gasteiger partial charge on any atom is 0.359 e. The summed E-state index contributed by atoms with van der Waals surface area (Å²) in [4.78, 5) is 156. The second kappa shape index (κ2) is 45.3. The fraction of sp³-hybridized carbons (Fsp3) is 0.0959. The first-order chi connectivity index (χ1) is 58.9. The van der Waals surface area contributed by atoms with E-state index in [1.54, 1.807) is 0 Å². The van der Waals surface area contributed by atoms with Crippen molar-refractivity contribution >= 4 is 134 Å². The number of rotatable bonds is 20. The highest BCUT2D eigenvalue weighted by atomic mass is 35.5. The van der Waals surface area contributed by atoms with Gasteiger partial charge in [0.25, 0.3) is 35.4 Å². The maximum atomic E-state index is 14.0. The minimum atomic E-state index is -1.61. The van der Waals surface area contributed by atoms with Gasteiger partial charge in [-0.05, 0) is 88.5 Å². The number of carbonyl (C=O) groups excluding carboxylic acids is 8. The van der Waals surface area contributed by atoms with Gasteiger partial charge in [-0.1, -0.05) is 88.3 Å². The molecule has 12 N–H and O–H groups in total. The van der Waals surface area contributed by atoms with Gasteiger partial charge in [0.05, 0.1) is 39.3 Å². The van der Waals surface area contributed by atoms with Gasteiger partial charge in [0.1, 0.15) is 84.2 Å². The molecule has 0 saturated carbocycles. The molecule has 6 amide bonds. The number of aromatic nitrogens is 14. The van der Waals surface area contributed by atoms with Crippen LogP contribution < -0.4 is 38.1 Å². The molecule has 5 aromatic carbocycles. The van der Waals surface area contributed by atoms with Crippen molar-refractivity contribution in [3.8, 4) is 6.07 Å². The molecule has 0 saturated heterocycles. The molecule has 12 rings (SSSR count). The predicted octanol–water partition coefficient (Wildman–Crippen LogP) is 9.57. The molecule has 0 bridgehead atoms. The third kappa shape index (κ3) is 26.1. The molecule has 0 aliphatic heterocycles. The van der Waals surface area contributed by atoms with E-state index >= 15 is 0 Å². The number of hydrogen-bond acceptors (Lipinski definition) is 27. The summed E-state index contributed by atoms with van der Waals surface area (Å²) in [6, 6.07) is 21.2. The van der Waals surface area contributed by atoms with Gasteiger partial charge in [-0.3, -0.25) is 33.9 Å². The van der Waals surface area contributed by atoms with Crippen LogP contribution in [0.5, 0.6) is 0 Å². The monoisotopic (exact) mass is 1820 g/mol. The van der Waals surface area contributed by atoms with Crippen molar-refractivity contribution in [2.45, 2.75) is 32.7 Å². The van der Waals surface area contributed by atoms with Crippen LogP contribution in [-0.2, 0) is 42.2 Å². The molecule has 0 unspecified atom stereocenters. The number of carboxylic acid groups (broad SMARTS) is 2. The molecule has 12 aromatic rings. The SMILES string of the molecule is COC(=O)c1ncnc(C(=O)NCc2ccc(F)c(Cl)c2)c1F.COC(=O)c1ncnc(C(=O)O)c1F.N#Cc1ncnc(C(=O)NCc2ccc(F)c(Cl)c2)c1F.NC(=O)c1ncnc(C(=O)NCc2ccc(F)c(Cl)c2)c1F.Nc1n[nH]c2c(C(=O)NCc3ccc(F)c(Cl)c3)ncnc12.O=C(O)c1ncnc(C(=O)NCc2ccc(F)c(Cl)c2)c1F. The Morgan fingerprint density at radius 1 is 0.379 bits per heavy atom. The number of nitrogens with two attached hydrogens (primary N) is 2. The Bertz CT molecular complexity index is 6030. The highest BCUT2D eigenvalue weighted by Gasteiger charge is 2.27. The molecule has 0 fully saturated rings. The Kier molecular flexibility index (Phi) is 35.0. The number of nitrogens with zero attached hydrogens (tertiary/aromatic N) is 14. The molecule has 0 radical (unpaired) electrons. The van der Waals surface area contributed by atoms with Gasteiger partial charge in [-0.25, -0.2) is 123 Å². The molecule has 0 aliphatic rings. The van der Waals surface area contributed by atoms with E-state index < -0.39 is 174 Å². The highest BCUT2D eigenvalue weighted by molar-refractivity contribution is 6.32. The van der Waals surface area contributed by atoms with Crippen LogP contribution >= 0.6 is 58.0 Å². The lowest BCUT2D eigenvalue weighted by Crippen LogP contribution is -2.27. The van der Waals surface area contributed by atoms with Gasteiger partial charge in [-0.15, -0.1) is 0 Å². The molecule has 7 heterocycles. The van der Waals surface area contributed by atoms with Crippen LogP contribution in [-0.4, -0.2) is 154 Å². The lowest BCUT2D eigenvalue weighted by molar-refractivity contribution is 0.0576. The number of ether oxygens (including phenoxy) is 2. The molecule has 0 aliphatic carbocycles. The zero-order chi connectivity index (χ0) is 91.3. The van der Waals surface area contributed by atoms with Gasteiger partial charge in [-0.2, -0.15) is 10.4 Å². The molecular weight excluding hydrogens is 1780 g/mol. The molecule has 36 nitrogen and oxygen atoms in total. The Labute approximate surface area is 711 Å². The van der Waals surface area contributed by atoms with Crippen LogP contribution in [0.15, 0.2) is 129 Å². The van der Waals surface area contributed by atoms with Crippen LogP contribution in [0.3, 0.4) is 0 Å². The fourth-order valence-electron chi connectivity index (χ4n) is 9.11. The standard InChI is InChI=1S/C14H10ClF2N3O3.C13H9ClF2N4O2.C13H7ClF2N4O.C13H8ClF2N3O3.C13H10ClFN6O.C7H5FN2O4/c1-23-14(22)12-10(17)11(19-6-20-12)13(21)18-5-7-2-3-9(16)8(15)4-7;14-7-3-6(1-2-8(7)15)4-18-13(22)11-9(16)10(12(17)21)19-5-20-11;14-8-3-7(1-2-9(8)15)5-18-13(21)12-11(16)10(4-17)19-6-20-12;14-7-3-6(1-2-8(7)15)4-17-12(20)10-9(16)11(13(21)22)19-5-18-10;14-7-3-6(1-2-8(7)15)4-17-13(22)11-9-10(18-5-19-11)12(16)21-20-9;1-14-7(13)5-3(8)4(6(11)12)9-2-10-5/h2-4,6H,5H2,1H3,(H,18,21);1-3,5H,4H2,(H2,17,21)(H,18,22);1-3,6H,5H2,(H,18,21);1-3,5H,4H2,(H,17,20)(H,21,22);1-3,5H,4H2,(H,17,22)(H3,16,20,21);2H,1H3,(H,11,12). The third-order valence-corrected chi connectivity index (χ3v) is 16.5. The molecule has 124 heavy (non-hydrogen) atoms. The van der Waals surface area contributed by atoms with E-state index in [0.717, 1.165) is 70.1 Å². The Hall–Kier alpha value is -15.2. The number of H-pyrrole nitrogens is 1. The summed E-state index contributed by atoms with van der Waals surface area (Å²) in [6.45, 7) is 0.0484. The topological polar surface area (TPSA) is 549 Å². The lowest BCUT2D eigenvalue weighted by Gasteiger charge is -2.07. The average Bonchev–Trinajstić information content (AvgIpc) is 1.68. The van der Waals surface area contributed by atoms with Crippen LogP contribution in [0.4, 0.5) is 49.7 Å². The summed E-state index contributed by atoms with van der Waals surface area (Å²) < 4.78 is 142. The van der Waals surface area contributed by atoms with E-state index in [4.69, 9.17) is 84.9 Å². The summed E-state index contributed by atoms with van der Waals surface area (Å²) in [5.74, 6) is -19.1. The van der Waals surface area contributed by atoms with Gasteiger partial charge >= 0.3 is 23.9 Å². The minimum absolute atomic E-state index is 0.00230. The fourth-order valence-corrected chi connectivity index (χ4v) is 10.1. The number of halogens is 15. The largest absolute Gasteiger partial charge is 0.476 e.